The second-order valence-corrected chi connectivity index (χ2v) is 6.31. The van der Waals surface area contributed by atoms with Crippen molar-refractivity contribution in [3.63, 3.8) is 0 Å². The summed E-state index contributed by atoms with van der Waals surface area (Å²) in [5.41, 5.74) is 6.34. The molecular weight excluding hydrogens is 421 g/mol. The van der Waals surface area contributed by atoms with Gasteiger partial charge in [0.05, 0.1) is 12.2 Å². The van der Waals surface area contributed by atoms with Crippen molar-refractivity contribution in [2.24, 2.45) is 11.7 Å². The van der Waals surface area contributed by atoms with Crippen molar-refractivity contribution in [1.29, 1.82) is 0 Å². The van der Waals surface area contributed by atoms with Crippen LogP contribution in [0.2, 0.25) is 0 Å². The number of anilines is 1. The summed E-state index contributed by atoms with van der Waals surface area (Å²) in [6.07, 6.45) is -6.09. The van der Waals surface area contributed by atoms with Crippen LogP contribution in [-0.2, 0) is 14.4 Å². The van der Waals surface area contributed by atoms with Crippen molar-refractivity contribution in [3.8, 4) is 5.75 Å². The molecule has 0 aromatic heterocycles. The standard InChI is InChI=1S/C10H12N2O2.C7H8F5NO3/c1-6-9(11)10(13)12-7-4-2-3-5-8(7)14-6;1-3(5(15)16)4(14)13-2-6(8,9)7(10,11)12/h2-6,9H,11H2,1H3,(H,12,13);3H,2H2,1H3,(H,13,14)(H,15,16)/t6-,9-;/m0./s1. The average Bonchev–Trinajstić information content (AvgIpc) is 2.75. The number of rotatable bonds is 4. The van der Waals surface area contributed by atoms with Gasteiger partial charge in [-0.2, -0.15) is 22.0 Å². The van der Waals surface area contributed by atoms with Crippen molar-refractivity contribution in [3.05, 3.63) is 24.3 Å². The Morgan fingerprint density at radius 3 is 2.37 bits per heavy atom. The SMILES string of the molecule is CC(C(=O)O)C(=O)NCC(F)(F)C(F)(F)F.C[C@@H]1Oc2ccccc2NC(=O)[C@H]1N. The molecule has 1 unspecified atom stereocenters. The van der Waals surface area contributed by atoms with Gasteiger partial charge in [0, 0.05) is 0 Å². The van der Waals surface area contributed by atoms with Crippen LogP contribution < -0.4 is 21.1 Å². The number of fused-ring (bicyclic) bond motifs is 1. The van der Waals surface area contributed by atoms with E-state index in [1.54, 1.807) is 13.0 Å². The third kappa shape index (κ3) is 6.54. The van der Waals surface area contributed by atoms with E-state index in [-0.39, 0.29) is 12.0 Å². The van der Waals surface area contributed by atoms with Gasteiger partial charge in [-0.25, -0.2) is 0 Å². The number of amides is 2. The number of nitrogens with two attached hydrogens (primary N) is 1. The highest BCUT2D eigenvalue weighted by molar-refractivity contribution is 5.97. The Kier molecular flexibility index (Phi) is 8.10. The number of carboxylic acid groups (broad SMARTS) is 1. The first-order valence-electron chi connectivity index (χ1n) is 8.44. The summed E-state index contributed by atoms with van der Waals surface area (Å²) in [5, 5.41) is 12.2. The van der Waals surface area contributed by atoms with Crippen LogP contribution in [0.25, 0.3) is 0 Å². The predicted octanol–water partition coefficient (Wildman–Crippen LogP) is 1.75. The van der Waals surface area contributed by atoms with Crippen LogP contribution in [0, 0.1) is 5.92 Å². The Morgan fingerprint density at radius 1 is 1.27 bits per heavy atom. The molecule has 0 saturated carbocycles. The maximum Gasteiger partial charge on any atom is 0.455 e. The molecule has 1 heterocycles. The molecule has 5 N–H and O–H groups in total. The molecule has 1 aliphatic rings. The Labute approximate surface area is 167 Å². The maximum atomic E-state index is 12.3. The van der Waals surface area contributed by atoms with E-state index < -0.39 is 42.5 Å². The van der Waals surface area contributed by atoms with Gasteiger partial charge in [0.25, 0.3) is 0 Å². The van der Waals surface area contributed by atoms with E-state index in [1.165, 1.54) is 5.32 Å². The van der Waals surface area contributed by atoms with E-state index in [4.69, 9.17) is 15.6 Å². The number of halogens is 5. The van der Waals surface area contributed by atoms with E-state index in [2.05, 4.69) is 5.32 Å². The molecule has 0 aliphatic carbocycles. The number of alkyl halides is 5. The molecule has 2 amide bonds. The van der Waals surface area contributed by atoms with Crippen LogP contribution >= 0.6 is 0 Å². The van der Waals surface area contributed by atoms with Crippen LogP contribution in [-0.4, -0.2) is 53.7 Å². The lowest BCUT2D eigenvalue weighted by Crippen LogP contribution is -2.48. The second kappa shape index (κ2) is 9.69. The molecule has 0 spiro atoms. The number of nitrogens with one attached hydrogen (secondary N) is 2. The minimum absolute atomic E-state index is 0.206. The second-order valence-electron chi connectivity index (χ2n) is 6.31. The first-order chi connectivity index (χ1) is 13.7. The Morgan fingerprint density at radius 2 is 1.83 bits per heavy atom. The van der Waals surface area contributed by atoms with E-state index in [0.717, 1.165) is 6.92 Å². The fourth-order valence-electron chi connectivity index (χ4n) is 1.94. The number of ether oxygens (including phenoxy) is 1. The van der Waals surface area contributed by atoms with Gasteiger partial charge in [-0.15, -0.1) is 0 Å². The minimum Gasteiger partial charge on any atom is -0.486 e. The van der Waals surface area contributed by atoms with Crippen LogP contribution in [0.1, 0.15) is 13.8 Å². The van der Waals surface area contributed by atoms with Crippen LogP contribution in [0.15, 0.2) is 24.3 Å². The summed E-state index contributed by atoms with van der Waals surface area (Å²) < 4.78 is 64.9. The molecule has 1 aromatic rings. The van der Waals surface area contributed by atoms with Gasteiger partial charge in [-0.3, -0.25) is 14.4 Å². The van der Waals surface area contributed by atoms with Crippen LogP contribution in [0.5, 0.6) is 5.75 Å². The Hall–Kier alpha value is -2.96. The van der Waals surface area contributed by atoms with Crippen molar-refractivity contribution in [2.75, 3.05) is 11.9 Å². The molecule has 0 saturated heterocycles. The normalized spacial score (nSPS) is 19.7. The lowest BCUT2D eigenvalue weighted by Gasteiger charge is -2.20. The van der Waals surface area contributed by atoms with Gasteiger partial charge >= 0.3 is 18.1 Å². The van der Waals surface area contributed by atoms with Crippen molar-refractivity contribution in [2.45, 2.75) is 38.1 Å². The number of hydrogen-bond acceptors (Lipinski definition) is 5. The molecule has 0 fully saturated rings. The molecule has 1 aromatic carbocycles. The van der Waals surface area contributed by atoms with Gasteiger partial charge in [-0.1, -0.05) is 12.1 Å². The molecule has 0 bridgehead atoms. The summed E-state index contributed by atoms with van der Waals surface area (Å²) in [4.78, 5) is 32.4. The first-order valence-corrected chi connectivity index (χ1v) is 8.44. The lowest BCUT2D eigenvalue weighted by molar-refractivity contribution is -0.278. The third-order valence-electron chi connectivity index (χ3n) is 3.93. The number of benzene rings is 1. The molecule has 30 heavy (non-hydrogen) atoms. The molecule has 8 nitrogen and oxygen atoms in total. The van der Waals surface area contributed by atoms with E-state index in [1.807, 2.05) is 18.2 Å². The highest BCUT2D eigenvalue weighted by Crippen LogP contribution is 2.34. The molecule has 13 heteroatoms. The van der Waals surface area contributed by atoms with Crippen LogP contribution in [0.4, 0.5) is 27.6 Å². The van der Waals surface area contributed by atoms with E-state index >= 15 is 0 Å². The maximum absolute atomic E-state index is 12.3. The van der Waals surface area contributed by atoms with Crippen LogP contribution in [0.3, 0.4) is 0 Å². The molecule has 1 aliphatic heterocycles. The first kappa shape index (κ1) is 25.1. The molecule has 0 radical (unpaired) electrons. The van der Waals surface area contributed by atoms with E-state index in [9.17, 15) is 36.3 Å². The Bertz CT molecular complexity index is 787. The van der Waals surface area contributed by atoms with Crippen molar-refractivity contribution >= 4 is 23.5 Å². The van der Waals surface area contributed by atoms with Gasteiger partial charge < -0.3 is 26.2 Å². The highest BCUT2D eigenvalue weighted by atomic mass is 19.4. The number of hydrogen-bond donors (Lipinski definition) is 4. The van der Waals surface area contributed by atoms with Gasteiger partial charge in [-0.05, 0) is 26.0 Å². The lowest BCUT2D eigenvalue weighted by atomic mass is 10.1. The van der Waals surface area contributed by atoms with Gasteiger partial charge in [0.1, 0.15) is 23.8 Å². The molecule has 3 atom stereocenters. The summed E-state index contributed by atoms with van der Waals surface area (Å²) in [6, 6.07) is 6.67. The average molecular weight is 441 g/mol. The topological polar surface area (TPSA) is 131 Å². The largest absolute Gasteiger partial charge is 0.486 e. The molecular formula is C17H20F5N3O5. The summed E-state index contributed by atoms with van der Waals surface area (Å²) >= 11 is 0. The zero-order valence-electron chi connectivity index (χ0n) is 15.8. The fraction of sp³-hybridized carbons (Fsp3) is 0.471. The fourth-order valence-corrected chi connectivity index (χ4v) is 1.94. The quantitative estimate of drug-likeness (QED) is 0.416. The Balaban J connectivity index is 0.000000301. The number of aliphatic carboxylic acids is 1. The summed E-state index contributed by atoms with van der Waals surface area (Å²) in [5.74, 6) is -9.34. The monoisotopic (exact) mass is 441 g/mol. The number of carboxylic acids is 1. The number of carbonyl (C=O) groups is 3. The third-order valence-corrected chi connectivity index (χ3v) is 3.93. The summed E-state index contributed by atoms with van der Waals surface area (Å²) in [6.45, 7) is 0.669. The zero-order chi connectivity index (χ0) is 23.3. The zero-order valence-corrected chi connectivity index (χ0v) is 15.8. The van der Waals surface area contributed by atoms with E-state index in [0.29, 0.717) is 11.4 Å². The number of carbonyl (C=O) groups excluding carboxylic acids is 2. The predicted molar refractivity (Wildman–Crippen MR) is 93.9 cm³/mol. The minimum atomic E-state index is -5.78. The smallest absolute Gasteiger partial charge is 0.455 e. The van der Waals surface area contributed by atoms with Gasteiger partial charge in [0.2, 0.25) is 11.8 Å². The summed E-state index contributed by atoms with van der Waals surface area (Å²) in [7, 11) is 0. The number of para-hydroxylation sites is 2. The highest BCUT2D eigenvalue weighted by Gasteiger charge is 2.57. The van der Waals surface area contributed by atoms with Crippen molar-refractivity contribution < 1.29 is 46.2 Å². The van der Waals surface area contributed by atoms with Gasteiger partial charge in [0.15, 0.2) is 0 Å². The van der Waals surface area contributed by atoms with Crippen molar-refractivity contribution in [1.82, 2.24) is 5.32 Å². The molecule has 2 rings (SSSR count). The molecule has 168 valence electrons.